The highest BCUT2D eigenvalue weighted by molar-refractivity contribution is 5.87. The molecular formula is C21H34ClN3O3. The molecule has 1 aliphatic heterocycles. The second kappa shape index (κ2) is 11.9. The van der Waals surface area contributed by atoms with E-state index in [1.54, 1.807) is 7.11 Å². The molecule has 158 valence electrons. The van der Waals surface area contributed by atoms with E-state index >= 15 is 0 Å². The fraction of sp³-hybridized carbons (Fsp3) is 0.619. The molecule has 0 aliphatic carbocycles. The number of amides is 2. The molecule has 1 fully saturated rings. The van der Waals surface area contributed by atoms with Crippen LogP contribution in [0.4, 0.5) is 0 Å². The third kappa shape index (κ3) is 7.32. The summed E-state index contributed by atoms with van der Waals surface area (Å²) in [5.41, 5.74) is 7.11. The molecule has 0 bridgehead atoms. The monoisotopic (exact) mass is 411 g/mol. The molecule has 0 radical (unpaired) electrons. The first-order valence-electron chi connectivity index (χ1n) is 9.84. The molecule has 3 N–H and O–H groups in total. The quantitative estimate of drug-likeness (QED) is 0.687. The average molecular weight is 412 g/mol. The third-order valence-electron chi connectivity index (χ3n) is 5.40. The van der Waals surface area contributed by atoms with Gasteiger partial charge >= 0.3 is 0 Å². The van der Waals surface area contributed by atoms with Crippen LogP contribution in [0.5, 0.6) is 5.75 Å². The highest BCUT2D eigenvalue weighted by atomic mass is 35.5. The zero-order chi connectivity index (χ0) is 19.8. The molecule has 1 aliphatic rings. The van der Waals surface area contributed by atoms with Crippen molar-refractivity contribution in [2.75, 3.05) is 26.7 Å². The number of nitrogens with two attached hydrogens (primary N) is 1. The van der Waals surface area contributed by atoms with Gasteiger partial charge in [0.05, 0.1) is 19.7 Å². The van der Waals surface area contributed by atoms with Gasteiger partial charge in [-0.3, -0.25) is 9.59 Å². The van der Waals surface area contributed by atoms with Crippen LogP contribution in [0.1, 0.15) is 38.7 Å². The molecule has 1 aromatic rings. The van der Waals surface area contributed by atoms with Gasteiger partial charge in [-0.25, -0.2) is 0 Å². The van der Waals surface area contributed by atoms with Gasteiger partial charge in [0, 0.05) is 13.1 Å². The molecule has 6 nitrogen and oxygen atoms in total. The molecule has 2 rings (SSSR count). The van der Waals surface area contributed by atoms with Crippen molar-refractivity contribution in [2.45, 2.75) is 45.6 Å². The van der Waals surface area contributed by atoms with E-state index in [9.17, 15) is 9.59 Å². The zero-order valence-electron chi connectivity index (χ0n) is 17.1. The Balaban J connectivity index is 0.00000392. The predicted molar refractivity (Wildman–Crippen MR) is 114 cm³/mol. The number of methoxy groups -OCH3 is 1. The normalized spacial score (nSPS) is 15.7. The van der Waals surface area contributed by atoms with Crippen LogP contribution >= 0.6 is 12.4 Å². The summed E-state index contributed by atoms with van der Waals surface area (Å²) in [7, 11) is 1.67. The van der Waals surface area contributed by atoms with E-state index in [1.165, 1.54) is 5.56 Å². The highest BCUT2D eigenvalue weighted by Gasteiger charge is 2.24. The lowest BCUT2D eigenvalue weighted by atomic mass is 9.90. The summed E-state index contributed by atoms with van der Waals surface area (Å²) in [6.45, 7) is 5.35. The van der Waals surface area contributed by atoms with Crippen LogP contribution in [0.2, 0.25) is 0 Å². The number of halogens is 1. The Hall–Kier alpha value is -1.79. The molecule has 2 amide bonds. The number of carbonyl (C=O) groups is 2. The Labute approximate surface area is 174 Å². The maximum Gasteiger partial charge on any atom is 0.241 e. The van der Waals surface area contributed by atoms with Gasteiger partial charge in [-0.05, 0) is 55.2 Å². The summed E-state index contributed by atoms with van der Waals surface area (Å²) in [5, 5.41) is 2.66. The van der Waals surface area contributed by atoms with Crippen molar-refractivity contribution in [1.29, 1.82) is 0 Å². The van der Waals surface area contributed by atoms with Crippen molar-refractivity contribution in [3.63, 3.8) is 0 Å². The SMILES string of the molecule is COc1ccc(CCC2CCN(C(=O)CNC(=O)[C@@H](N)C(C)C)CC2)cc1.Cl. The van der Waals surface area contributed by atoms with Crippen molar-refractivity contribution in [3.8, 4) is 5.75 Å². The van der Waals surface area contributed by atoms with Gasteiger partial charge in [0.2, 0.25) is 11.8 Å². The summed E-state index contributed by atoms with van der Waals surface area (Å²) >= 11 is 0. The van der Waals surface area contributed by atoms with Crippen LogP contribution in [0, 0.1) is 11.8 Å². The second-order valence-corrected chi connectivity index (χ2v) is 7.70. The summed E-state index contributed by atoms with van der Waals surface area (Å²) in [4.78, 5) is 26.0. The summed E-state index contributed by atoms with van der Waals surface area (Å²) in [6, 6.07) is 7.65. The number of piperidine rings is 1. The second-order valence-electron chi connectivity index (χ2n) is 7.70. The number of benzene rings is 1. The van der Waals surface area contributed by atoms with Gasteiger partial charge in [0.15, 0.2) is 0 Å². The van der Waals surface area contributed by atoms with Gasteiger partial charge in [-0.15, -0.1) is 12.4 Å². The fourth-order valence-electron chi connectivity index (χ4n) is 3.33. The molecule has 7 heteroatoms. The number of nitrogens with one attached hydrogen (secondary N) is 1. The molecule has 1 aromatic carbocycles. The first-order chi connectivity index (χ1) is 12.9. The van der Waals surface area contributed by atoms with E-state index in [1.807, 2.05) is 30.9 Å². The van der Waals surface area contributed by atoms with Crippen LogP contribution in [-0.2, 0) is 16.0 Å². The molecule has 1 saturated heterocycles. The van der Waals surface area contributed by atoms with Crippen LogP contribution in [-0.4, -0.2) is 49.5 Å². The maximum atomic E-state index is 12.3. The number of aryl methyl sites for hydroxylation is 1. The lowest BCUT2D eigenvalue weighted by Gasteiger charge is -2.32. The van der Waals surface area contributed by atoms with Crippen LogP contribution in [0.15, 0.2) is 24.3 Å². The summed E-state index contributed by atoms with van der Waals surface area (Å²) in [6.07, 6.45) is 4.21. The number of ether oxygens (including phenoxy) is 1. The lowest BCUT2D eigenvalue weighted by Crippen LogP contribution is -2.49. The van der Waals surface area contributed by atoms with E-state index in [4.69, 9.17) is 10.5 Å². The molecule has 0 spiro atoms. The summed E-state index contributed by atoms with van der Waals surface area (Å²) in [5.74, 6) is 1.30. The van der Waals surface area contributed by atoms with Crippen LogP contribution in [0.25, 0.3) is 0 Å². The van der Waals surface area contributed by atoms with Gasteiger partial charge in [0.25, 0.3) is 0 Å². The number of rotatable bonds is 8. The largest absolute Gasteiger partial charge is 0.497 e. The molecular weight excluding hydrogens is 378 g/mol. The highest BCUT2D eigenvalue weighted by Crippen LogP contribution is 2.23. The van der Waals surface area contributed by atoms with Gasteiger partial charge in [0.1, 0.15) is 5.75 Å². The molecule has 1 atom stereocenters. The van der Waals surface area contributed by atoms with E-state index in [-0.39, 0.29) is 36.7 Å². The third-order valence-corrected chi connectivity index (χ3v) is 5.40. The number of nitrogens with zero attached hydrogens (tertiary/aromatic N) is 1. The van der Waals surface area contributed by atoms with Crippen LogP contribution in [0.3, 0.4) is 0 Å². The van der Waals surface area contributed by atoms with E-state index < -0.39 is 6.04 Å². The summed E-state index contributed by atoms with van der Waals surface area (Å²) < 4.78 is 5.19. The van der Waals surface area contributed by atoms with Gasteiger partial charge in [-0.1, -0.05) is 26.0 Å². The topological polar surface area (TPSA) is 84.7 Å². The molecule has 0 saturated carbocycles. The zero-order valence-corrected chi connectivity index (χ0v) is 18.0. The Morgan fingerprint density at radius 2 is 1.82 bits per heavy atom. The van der Waals surface area contributed by atoms with Gasteiger partial charge in [-0.2, -0.15) is 0 Å². The van der Waals surface area contributed by atoms with Crippen molar-refractivity contribution in [3.05, 3.63) is 29.8 Å². The Morgan fingerprint density at radius 3 is 2.36 bits per heavy atom. The van der Waals surface area contributed by atoms with Crippen molar-refractivity contribution < 1.29 is 14.3 Å². The Bertz CT molecular complexity index is 614. The van der Waals surface area contributed by atoms with Crippen molar-refractivity contribution in [2.24, 2.45) is 17.6 Å². The molecule has 28 heavy (non-hydrogen) atoms. The first kappa shape index (κ1) is 24.2. The molecule has 0 unspecified atom stereocenters. The van der Waals surface area contributed by atoms with E-state index in [0.717, 1.165) is 44.5 Å². The smallest absolute Gasteiger partial charge is 0.241 e. The minimum absolute atomic E-state index is 0. The standard InChI is InChI=1S/C21H33N3O3.ClH/c1-15(2)20(22)21(26)23-14-19(25)24-12-10-17(11-13-24)5-4-16-6-8-18(27-3)9-7-16;/h6-9,15,17,20H,4-5,10-14,22H2,1-3H3,(H,23,26);1H/t20-;/m0./s1. The number of likely N-dealkylation sites (tertiary alicyclic amines) is 1. The molecule has 0 aromatic heterocycles. The first-order valence-corrected chi connectivity index (χ1v) is 9.84. The lowest BCUT2D eigenvalue weighted by molar-refractivity contribution is -0.134. The number of hydrogen-bond donors (Lipinski definition) is 2. The predicted octanol–water partition coefficient (Wildman–Crippen LogP) is 2.39. The number of hydrogen-bond acceptors (Lipinski definition) is 4. The van der Waals surface area contributed by atoms with E-state index in [0.29, 0.717) is 5.92 Å². The average Bonchev–Trinajstić information content (AvgIpc) is 2.70. The van der Waals surface area contributed by atoms with Crippen molar-refractivity contribution >= 4 is 24.2 Å². The number of carbonyl (C=O) groups excluding carboxylic acids is 2. The molecule has 1 heterocycles. The minimum Gasteiger partial charge on any atom is -0.497 e. The Kier molecular flexibility index (Phi) is 10.3. The maximum absolute atomic E-state index is 12.3. The fourth-order valence-corrected chi connectivity index (χ4v) is 3.33. The van der Waals surface area contributed by atoms with E-state index in [2.05, 4.69) is 17.4 Å². The van der Waals surface area contributed by atoms with Gasteiger partial charge < -0.3 is 20.7 Å². The van der Waals surface area contributed by atoms with Crippen molar-refractivity contribution in [1.82, 2.24) is 10.2 Å². The minimum atomic E-state index is -0.568. The Morgan fingerprint density at radius 1 is 1.21 bits per heavy atom. The van der Waals surface area contributed by atoms with Crippen LogP contribution < -0.4 is 15.8 Å².